The van der Waals surface area contributed by atoms with Gasteiger partial charge in [-0.25, -0.2) is 4.79 Å². The fourth-order valence-corrected chi connectivity index (χ4v) is 4.36. The molecule has 1 aromatic heterocycles. The van der Waals surface area contributed by atoms with Crippen molar-refractivity contribution in [3.05, 3.63) is 57.7 Å². The smallest absolute Gasteiger partial charge is 0.340 e. The predicted molar refractivity (Wildman–Crippen MR) is 114 cm³/mol. The lowest BCUT2D eigenvalue weighted by Crippen LogP contribution is -2.34. The number of aryl methyl sites for hydroxylation is 1. The summed E-state index contributed by atoms with van der Waals surface area (Å²) in [6, 6.07) is 12.5. The average molecular weight is 443 g/mol. The molecule has 6 heteroatoms. The van der Waals surface area contributed by atoms with E-state index in [0.29, 0.717) is 24.5 Å². The van der Waals surface area contributed by atoms with Gasteiger partial charge in [0.2, 0.25) is 0 Å². The number of halogens is 1. The summed E-state index contributed by atoms with van der Waals surface area (Å²) < 4.78 is 14.0. The Morgan fingerprint density at radius 1 is 1.18 bits per heavy atom. The van der Waals surface area contributed by atoms with Crippen molar-refractivity contribution in [3.8, 4) is 5.75 Å². The number of aromatic nitrogens is 1. The van der Waals surface area contributed by atoms with Gasteiger partial charge in [-0.3, -0.25) is 0 Å². The summed E-state index contributed by atoms with van der Waals surface area (Å²) in [7, 11) is 1.63. The van der Waals surface area contributed by atoms with Crippen molar-refractivity contribution in [2.75, 3.05) is 25.2 Å². The molecule has 5 nitrogen and oxygen atoms in total. The highest BCUT2D eigenvalue weighted by Crippen LogP contribution is 2.37. The van der Waals surface area contributed by atoms with Gasteiger partial charge in [0.05, 0.1) is 41.5 Å². The van der Waals surface area contributed by atoms with Crippen molar-refractivity contribution < 1.29 is 14.3 Å². The third-order valence-corrected chi connectivity index (χ3v) is 5.88. The van der Waals surface area contributed by atoms with Crippen LogP contribution in [0.25, 0.3) is 10.9 Å². The highest BCUT2D eigenvalue weighted by molar-refractivity contribution is 9.10. The van der Waals surface area contributed by atoms with E-state index in [-0.39, 0.29) is 5.97 Å². The number of ether oxygens (including phenoxy) is 2. The molecule has 0 radical (unpaired) electrons. The van der Waals surface area contributed by atoms with Gasteiger partial charge in [0.15, 0.2) is 0 Å². The third-order valence-electron chi connectivity index (χ3n) is 5.26. The number of anilines is 1. The molecule has 146 valence electrons. The van der Waals surface area contributed by atoms with Crippen molar-refractivity contribution >= 4 is 38.5 Å². The van der Waals surface area contributed by atoms with Gasteiger partial charge >= 0.3 is 5.97 Å². The minimum Gasteiger partial charge on any atom is -0.496 e. The molecule has 2 heterocycles. The highest BCUT2D eigenvalue weighted by Gasteiger charge is 2.29. The van der Waals surface area contributed by atoms with E-state index in [4.69, 9.17) is 9.47 Å². The zero-order valence-corrected chi connectivity index (χ0v) is 17.9. The molecule has 0 saturated carbocycles. The Kier molecular flexibility index (Phi) is 5.06. The van der Waals surface area contributed by atoms with Crippen LogP contribution in [0.4, 0.5) is 5.69 Å². The first-order valence-electron chi connectivity index (χ1n) is 9.40. The number of rotatable bonds is 4. The Labute approximate surface area is 173 Å². The summed E-state index contributed by atoms with van der Waals surface area (Å²) in [5.74, 6) is 0.424. The Balaban J connectivity index is 1.86. The fourth-order valence-electron chi connectivity index (χ4n) is 3.87. The van der Waals surface area contributed by atoms with Gasteiger partial charge in [-0.1, -0.05) is 17.7 Å². The summed E-state index contributed by atoms with van der Waals surface area (Å²) in [6.45, 7) is 6.61. The average Bonchev–Trinajstić information content (AvgIpc) is 3.00. The number of methoxy groups -OCH3 is 1. The molecule has 4 rings (SSSR count). The number of hydrogen-bond donors (Lipinski definition) is 0. The summed E-state index contributed by atoms with van der Waals surface area (Å²) in [4.78, 5) is 15.2. The van der Waals surface area contributed by atoms with Crippen LogP contribution >= 0.6 is 15.9 Å². The van der Waals surface area contributed by atoms with Crippen molar-refractivity contribution in [1.29, 1.82) is 0 Å². The van der Waals surface area contributed by atoms with E-state index in [0.717, 1.165) is 39.8 Å². The summed E-state index contributed by atoms with van der Waals surface area (Å²) in [6.07, 6.45) is 0. The molecule has 0 spiro atoms. The molecule has 0 saturated heterocycles. The largest absolute Gasteiger partial charge is 0.496 e. The van der Waals surface area contributed by atoms with Crippen molar-refractivity contribution in [3.63, 3.8) is 0 Å². The van der Waals surface area contributed by atoms with E-state index < -0.39 is 0 Å². The molecule has 0 amide bonds. The van der Waals surface area contributed by atoms with Crippen LogP contribution in [-0.4, -0.2) is 30.8 Å². The van der Waals surface area contributed by atoms with Gasteiger partial charge in [0.25, 0.3) is 0 Å². The van der Waals surface area contributed by atoms with Crippen molar-refractivity contribution in [2.45, 2.75) is 26.9 Å². The second kappa shape index (κ2) is 7.51. The number of esters is 1. The van der Waals surface area contributed by atoms with Crippen molar-refractivity contribution in [1.82, 2.24) is 4.57 Å². The van der Waals surface area contributed by atoms with Crippen LogP contribution in [0, 0.1) is 6.92 Å². The molecule has 2 aromatic carbocycles. The number of carbonyl (C=O) groups is 1. The van der Waals surface area contributed by atoms with Crippen LogP contribution in [0.5, 0.6) is 5.75 Å². The van der Waals surface area contributed by atoms with Crippen LogP contribution in [0.15, 0.2) is 40.9 Å². The molecule has 0 aliphatic carbocycles. The zero-order chi connectivity index (χ0) is 19.8. The molecule has 0 fully saturated rings. The van der Waals surface area contributed by atoms with E-state index >= 15 is 0 Å². The van der Waals surface area contributed by atoms with E-state index in [1.807, 2.05) is 19.1 Å². The minimum absolute atomic E-state index is 0.281. The SMILES string of the molecule is CCOC(=O)c1c2n(c3cc(Br)c(OC)cc13)CCN(c1ccc(C)cc1)C2. The molecule has 0 N–H and O–H groups in total. The van der Waals surface area contributed by atoms with E-state index in [2.05, 4.69) is 56.6 Å². The number of fused-ring (bicyclic) bond motifs is 3. The topological polar surface area (TPSA) is 43.7 Å². The maximum Gasteiger partial charge on any atom is 0.340 e. The number of carbonyl (C=O) groups excluding carboxylic acids is 1. The highest BCUT2D eigenvalue weighted by atomic mass is 79.9. The first-order valence-corrected chi connectivity index (χ1v) is 10.2. The second-order valence-corrected chi connectivity index (χ2v) is 7.81. The summed E-state index contributed by atoms with van der Waals surface area (Å²) >= 11 is 3.57. The molecule has 1 aliphatic heterocycles. The first-order chi connectivity index (χ1) is 13.5. The Bertz CT molecular complexity index is 1040. The first kappa shape index (κ1) is 18.9. The van der Waals surface area contributed by atoms with Gasteiger partial charge in [-0.15, -0.1) is 0 Å². The molecule has 0 atom stereocenters. The van der Waals surface area contributed by atoms with Crippen LogP contribution in [0.3, 0.4) is 0 Å². The van der Waals surface area contributed by atoms with Crippen molar-refractivity contribution in [2.24, 2.45) is 0 Å². The molecule has 0 bridgehead atoms. The van der Waals surface area contributed by atoms with Gasteiger partial charge in [0.1, 0.15) is 5.75 Å². The monoisotopic (exact) mass is 442 g/mol. The van der Waals surface area contributed by atoms with Crippen LogP contribution in [0.1, 0.15) is 28.5 Å². The van der Waals surface area contributed by atoms with Gasteiger partial charge < -0.3 is 18.9 Å². The van der Waals surface area contributed by atoms with Crippen LogP contribution in [-0.2, 0) is 17.8 Å². The molecule has 1 aliphatic rings. The maximum absolute atomic E-state index is 12.9. The molecular formula is C22H23BrN2O3. The Morgan fingerprint density at radius 3 is 2.61 bits per heavy atom. The Hall–Kier alpha value is -2.47. The zero-order valence-electron chi connectivity index (χ0n) is 16.3. The molecule has 3 aromatic rings. The third kappa shape index (κ3) is 3.15. The van der Waals surface area contributed by atoms with E-state index in [9.17, 15) is 4.79 Å². The normalized spacial score (nSPS) is 13.5. The fraction of sp³-hybridized carbons (Fsp3) is 0.318. The lowest BCUT2D eigenvalue weighted by Gasteiger charge is -2.31. The molecule has 0 unspecified atom stereocenters. The minimum atomic E-state index is -0.281. The predicted octanol–water partition coefficient (Wildman–Crippen LogP) is 4.92. The quantitative estimate of drug-likeness (QED) is 0.537. The lowest BCUT2D eigenvalue weighted by molar-refractivity contribution is 0.0527. The summed E-state index contributed by atoms with van der Waals surface area (Å²) in [5, 5.41) is 0.874. The number of hydrogen-bond acceptors (Lipinski definition) is 4. The Morgan fingerprint density at radius 2 is 1.93 bits per heavy atom. The lowest BCUT2D eigenvalue weighted by atomic mass is 10.1. The van der Waals surface area contributed by atoms with Gasteiger partial charge in [0, 0.05) is 24.2 Å². The van der Waals surface area contributed by atoms with Gasteiger partial charge in [-0.2, -0.15) is 0 Å². The number of nitrogens with zero attached hydrogens (tertiary/aromatic N) is 2. The van der Waals surface area contributed by atoms with E-state index in [1.165, 1.54) is 5.56 Å². The molecular weight excluding hydrogens is 420 g/mol. The summed E-state index contributed by atoms with van der Waals surface area (Å²) in [5.41, 5.74) is 5.05. The maximum atomic E-state index is 12.9. The van der Waals surface area contributed by atoms with Crippen LogP contribution in [0.2, 0.25) is 0 Å². The van der Waals surface area contributed by atoms with Gasteiger partial charge in [-0.05, 0) is 54.0 Å². The van der Waals surface area contributed by atoms with E-state index in [1.54, 1.807) is 7.11 Å². The van der Waals surface area contributed by atoms with Crippen LogP contribution < -0.4 is 9.64 Å². The molecule has 28 heavy (non-hydrogen) atoms. The second-order valence-electron chi connectivity index (χ2n) is 6.95. The standard InChI is InChI=1S/C22H23BrN2O3/c1-4-28-22(26)21-16-11-20(27-3)17(23)12-18(16)25-10-9-24(13-19(21)25)15-7-5-14(2)6-8-15/h5-8,11-12H,4,9-10,13H2,1-3H3. The number of benzene rings is 2.